The van der Waals surface area contributed by atoms with E-state index in [2.05, 4.69) is 20.3 Å². The molecule has 0 unspecified atom stereocenters. The van der Waals surface area contributed by atoms with Gasteiger partial charge in [-0.1, -0.05) is 0 Å². The van der Waals surface area contributed by atoms with Crippen molar-refractivity contribution in [2.24, 2.45) is 7.05 Å². The van der Waals surface area contributed by atoms with Gasteiger partial charge in [-0.25, -0.2) is 4.79 Å². The molecule has 3 heterocycles. The average molecular weight is 286 g/mol. The molecule has 1 fully saturated rings. The van der Waals surface area contributed by atoms with Crippen LogP contribution in [0.5, 0.6) is 0 Å². The zero-order chi connectivity index (χ0) is 14.7. The number of pyridine rings is 1. The van der Waals surface area contributed by atoms with Gasteiger partial charge in [0.05, 0.1) is 11.9 Å². The number of urea groups is 1. The molecule has 0 spiro atoms. The third kappa shape index (κ3) is 3.13. The van der Waals surface area contributed by atoms with E-state index in [1.807, 2.05) is 24.1 Å². The lowest BCUT2D eigenvalue weighted by Gasteiger charge is -2.35. The highest BCUT2D eigenvalue weighted by Gasteiger charge is 2.21. The van der Waals surface area contributed by atoms with Gasteiger partial charge in [0.15, 0.2) is 0 Å². The van der Waals surface area contributed by atoms with Crippen LogP contribution >= 0.6 is 0 Å². The highest BCUT2D eigenvalue weighted by atomic mass is 16.2. The van der Waals surface area contributed by atoms with Crippen LogP contribution in [0.4, 0.5) is 16.2 Å². The molecule has 1 aliphatic heterocycles. The molecule has 0 bridgehead atoms. The van der Waals surface area contributed by atoms with E-state index >= 15 is 0 Å². The minimum atomic E-state index is -0.0719. The van der Waals surface area contributed by atoms with Gasteiger partial charge < -0.3 is 15.1 Å². The Kier molecular flexibility index (Phi) is 3.72. The number of hydrogen-bond donors (Lipinski definition) is 1. The Labute approximate surface area is 123 Å². The largest absolute Gasteiger partial charge is 0.368 e. The lowest BCUT2D eigenvalue weighted by Crippen LogP contribution is -2.50. The van der Waals surface area contributed by atoms with Crippen LogP contribution in [0.3, 0.4) is 0 Å². The highest BCUT2D eigenvalue weighted by Crippen LogP contribution is 2.15. The van der Waals surface area contributed by atoms with Crippen LogP contribution in [0.15, 0.2) is 36.9 Å². The van der Waals surface area contributed by atoms with Gasteiger partial charge in [0.2, 0.25) is 0 Å². The number of anilines is 2. The second-order valence-corrected chi connectivity index (χ2v) is 5.01. The van der Waals surface area contributed by atoms with Crippen LogP contribution in [0, 0.1) is 0 Å². The van der Waals surface area contributed by atoms with Crippen molar-refractivity contribution in [1.82, 2.24) is 19.7 Å². The van der Waals surface area contributed by atoms with E-state index in [1.54, 1.807) is 29.5 Å². The zero-order valence-electron chi connectivity index (χ0n) is 11.9. The van der Waals surface area contributed by atoms with Crippen LogP contribution in [-0.2, 0) is 7.05 Å². The molecule has 0 atom stereocenters. The topological polar surface area (TPSA) is 66.3 Å². The minimum absolute atomic E-state index is 0.0719. The molecule has 0 aliphatic carbocycles. The number of carbonyl (C=O) groups excluding carboxylic acids is 1. The highest BCUT2D eigenvalue weighted by molar-refractivity contribution is 5.89. The summed E-state index contributed by atoms with van der Waals surface area (Å²) < 4.78 is 1.66. The molecule has 1 N–H and O–H groups in total. The Morgan fingerprint density at radius 3 is 2.52 bits per heavy atom. The Balaban J connectivity index is 1.54. The molecule has 2 amide bonds. The molecule has 1 aliphatic rings. The molecule has 0 saturated carbocycles. The van der Waals surface area contributed by atoms with Gasteiger partial charge in [-0.05, 0) is 12.1 Å². The number of hydrogen-bond acceptors (Lipinski definition) is 4. The van der Waals surface area contributed by atoms with Crippen LogP contribution in [-0.4, -0.2) is 51.9 Å². The number of piperazine rings is 1. The first-order valence-corrected chi connectivity index (χ1v) is 6.92. The Morgan fingerprint density at radius 2 is 1.90 bits per heavy atom. The van der Waals surface area contributed by atoms with Crippen LogP contribution in [0.1, 0.15) is 0 Å². The monoisotopic (exact) mass is 286 g/mol. The number of carbonyl (C=O) groups is 1. The fourth-order valence-corrected chi connectivity index (χ4v) is 2.41. The molecule has 0 radical (unpaired) electrons. The fraction of sp³-hybridized carbons (Fsp3) is 0.357. The number of nitrogens with one attached hydrogen (secondary N) is 1. The molecular weight excluding hydrogens is 268 g/mol. The van der Waals surface area contributed by atoms with E-state index in [0.29, 0.717) is 13.1 Å². The van der Waals surface area contributed by atoms with Crippen molar-refractivity contribution in [3.8, 4) is 0 Å². The molecule has 7 heteroatoms. The van der Waals surface area contributed by atoms with Crippen molar-refractivity contribution in [3.63, 3.8) is 0 Å². The molecule has 1 saturated heterocycles. The van der Waals surface area contributed by atoms with E-state index < -0.39 is 0 Å². The minimum Gasteiger partial charge on any atom is -0.368 e. The SMILES string of the molecule is Cn1cc(NC(=O)N2CCN(c3ccncc3)CC2)cn1. The molecule has 0 aromatic carbocycles. The van der Waals surface area contributed by atoms with Gasteiger partial charge in [0.25, 0.3) is 0 Å². The summed E-state index contributed by atoms with van der Waals surface area (Å²) in [6.45, 7) is 3.05. The van der Waals surface area contributed by atoms with Crippen molar-refractivity contribution in [1.29, 1.82) is 0 Å². The molecular formula is C14H18N6O. The van der Waals surface area contributed by atoms with Crippen molar-refractivity contribution in [2.45, 2.75) is 0 Å². The Morgan fingerprint density at radius 1 is 1.19 bits per heavy atom. The summed E-state index contributed by atoms with van der Waals surface area (Å²) in [6.07, 6.45) is 7.00. The van der Waals surface area contributed by atoms with Gasteiger partial charge in [-0.3, -0.25) is 9.67 Å². The number of aromatic nitrogens is 3. The summed E-state index contributed by atoms with van der Waals surface area (Å²) in [5.74, 6) is 0. The summed E-state index contributed by atoms with van der Waals surface area (Å²) in [5.41, 5.74) is 1.87. The molecule has 7 nitrogen and oxygen atoms in total. The van der Waals surface area contributed by atoms with Crippen molar-refractivity contribution in [2.75, 3.05) is 36.4 Å². The van der Waals surface area contributed by atoms with Crippen molar-refractivity contribution < 1.29 is 4.79 Å². The van der Waals surface area contributed by atoms with E-state index in [-0.39, 0.29) is 6.03 Å². The van der Waals surface area contributed by atoms with Gasteiger partial charge >= 0.3 is 6.03 Å². The number of rotatable bonds is 2. The second kappa shape index (κ2) is 5.82. The maximum absolute atomic E-state index is 12.2. The van der Waals surface area contributed by atoms with Gasteiger partial charge in [0.1, 0.15) is 0 Å². The zero-order valence-corrected chi connectivity index (χ0v) is 11.9. The third-order valence-electron chi connectivity index (χ3n) is 3.55. The predicted octanol–water partition coefficient (Wildman–Crippen LogP) is 1.17. The Bertz CT molecular complexity index is 603. The number of amides is 2. The van der Waals surface area contributed by atoms with Crippen LogP contribution in [0.2, 0.25) is 0 Å². The third-order valence-corrected chi connectivity index (χ3v) is 3.55. The number of aryl methyl sites for hydroxylation is 1. The fourth-order valence-electron chi connectivity index (χ4n) is 2.41. The first-order chi connectivity index (χ1) is 10.2. The van der Waals surface area contributed by atoms with Crippen molar-refractivity contribution >= 4 is 17.4 Å². The van der Waals surface area contributed by atoms with Gasteiger partial charge in [-0.15, -0.1) is 0 Å². The first-order valence-electron chi connectivity index (χ1n) is 6.92. The molecule has 21 heavy (non-hydrogen) atoms. The summed E-state index contributed by atoms with van der Waals surface area (Å²) in [5, 5.41) is 6.90. The van der Waals surface area contributed by atoms with E-state index in [0.717, 1.165) is 24.5 Å². The summed E-state index contributed by atoms with van der Waals surface area (Å²) in [4.78, 5) is 20.3. The average Bonchev–Trinajstić information content (AvgIpc) is 2.93. The molecule has 2 aromatic heterocycles. The maximum atomic E-state index is 12.2. The first kappa shape index (κ1) is 13.4. The van der Waals surface area contributed by atoms with Gasteiger partial charge in [0, 0.05) is 57.5 Å². The summed E-state index contributed by atoms with van der Waals surface area (Å²) in [7, 11) is 1.82. The summed E-state index contributed by atoms with van der Waals surface area (Å²) in [6, 6.07) is 3.91. The van der Waals surface area contributed by atoms with Crippen LogP contribution < -0.4 is 10.2 Å². The smallest absolute Gasteiger partial charge is 0.322 e. The molecule has 3 rings (SSSR count). The quantitative estimate of drug-likeness (QED) is 0.900. The molecule has 110 valence electrons. The van der Waals surface area contributed by atoms with Crippen molar-refractivity contribution in [3.05, 3.63) is 36.9 Å². The predicted molar refractivity (Wildman–Crippen MR) is 80.2 cm³/mol. The normalized spacial score (nSPS) is 15.1. The summed E-state index contributed by atoms with van der Waals surface area (Å²) >= 11 is 0. The second-order valence-electron chi connectivity index (χ2n) is 5.01. The lowest BCUT2D eigenvalue weighted by molar-refractivity contribution is 0.208. The Hall–Kier alpha value is -2.57. The lowest BCUT2D eigenvalue weighted by atomic mass is 10.3. The van der Waals surface area contributed by atoms with E-state index in [4.69, 9.17) is 0 Å². The number of nitrogens with zero attached hydrogens (tertiary/aromatic N) is 5. The van der Waals surface area contributed by atoms with Crippen LogP contribution in [0.25, 0.3) is 0 Å². The van der Waals surface area contributed by atoms with Gasteiger partial charge in [-0.2, -0.15) is 5.10 Å². The van der Waals surface area contributed by atoms with E-state index in [9.17, 15) is 4.79 Å². The maximum Gasteiger partial charge on any atom is 0.322 e. The van der Waals surface area contributed by atoms with E-state index in [1.165, 1.54) is 0 Å². The molecule has 2 aromatic rings. The standard InChI is InChI=1S/C14H18N6O/c1-18-11-12(10-16-18)17-14(21)20-8-6-19(7-9-20)13-2-4-15-5-3-13/h2-5,10-11H,6-9H2,1H3,(H,17,21).